The molecule has 0 spiro atoms. The van der Waals surface area contributed by atoms with Crippen LogP contribution in [0.15, 0.2) is 24.4 Å². The van der Waals surface area contributed by atoms with Crippen LogP contribution in [0.25, 0.3) is 11.3 Å². The fourth-order valence-electron chi connectivity index (χ4n) is 3.03. The molecule has 0 unspecified atom stereocenters. The second-order valence-electron chi connectivity index (χ2n) is 6.20. The van der Waals surface area contributed by atoms with Gasteiger partial charge in [0.25, 0.3) is 0 Å². The first-order valence-corrected chi connectivity index (χ1v) is 8.93. The quantitative estimate of drug-likeness (QED) is 0.807. The van der Waals surface area contributed by atoms with E-state index in [9.17, 15) is 4.79 Å². The number of aromatic nitrogens is 2. The van der Waals surface area contributed by atoms with Gasteiger partial charge in [0.15, 0.2) is 0 Å². The van der Waals surface area contributed by atoms with Crippen molar-refractivity contribution >= 4 is 23.2 Å². The van der Waals surface area contributed by atoms with Gasteiger partial charge in [0.1, 0.15) is 5.75 Å². The van der Waals surface area contributed by atoms with E-state index in [4.69, 9.17) is 21.1 Å². The van der Waals surface area contributed by atoms with Crippen molar-refractivity contribution in [2.45, 2.75) is 18.9 Å². The third kappa shape index (κ3) is 4.35. The van der Waals surface area contributed by atoms with Crippen LogP contribution in [0.2, 0.25) is 5.02 Å². The molecular weight excluding hydrogens is 356 g/mol. The van der Waals surface area contributed by atoms with Crippen molar-refractivity contribution < 1.29 is 14.3 Å². The molecular formula is C18H23ClN4O3. The highest BCUT2D eigenvalue weighted by Crippen LogP contribution is 2.36. The lowest BCUT2D eigenvalue weighted by Gasteiger charge is -2.22. The Labute approximate surface area is 157 Å². The lowest BCUT2D eigenvalue weighted by atomic mass is 10.1. The van der Waals surface area contributed by atoms with Gasteiger partial charge >= 0.3 is 0 Å². The summed E-state index contributed by atoms with van der Waals surface area (Å²) in [6, 6.07) is 5.78. The van der Waals surface area contributed by atoms with Crippen molar-refractivity contribution in [2.75, 3.05) is 32.2 Å². The molecule has 0 radical (unpaired) electrons. The van der Waals surface area contributed by atoms with Crippen molar-refractivity contribution in [1.82, 2.24) is 15.1 Å². The molecule has 7 nitrogen and oxygen atoms in total. The minimum absolute atomic E-state index is 0.0938. The molecule has 1 fully saturated rings. The zero-order chi connectivity index (χ0) is 18.5. The summed E-state index contributed by atoms with van der Waals surface area (Å²) in [6.45, 7) is 1.75. The second kappa shape index (κ2) is 8.53. The zero-order valence-corrected chi connectivity index (χ0v) is 15.7. The average molecular weight is 379 g/mol. The second-order valence-corrected chi connectivity index (χ2v) is 6.60. The van der Waals surface area contributed by atoms with Gasteiger partial charge in [-0.3, -0.25) is 9.48 Å². The summed E-state index contributed by atoms with van der Waals surface area (Å²) in [4.78, 5) is 12.3. The van der Waals surface area contributed by atoms with E-state index in [1.54, 1.807) is 30.1 Å². The maximum Gasteiger partial charge on any atom is 0.238 e. The third-order valence-electron chi connectivity index (χ3n) is 4.41. The van der Waals surface area contributed by atoms with Gasteiger partial charge in [-0.05, 0) is 31.0 Å². The molecule has 1 saturated heterocycles. The van der Waals surface area contributed by atoms with E-state index >= 15 is 0 Å². The molecule has 0 bridgehead atoms. The predicted molar refractivity (Wildman–Crippen MR) is 101 cm³/mol. The number of nitrogens with zero attached hydrogens (tertiary/aromatic N) is 2. The Morgan fingerprint density at radius 3 is 2.85 bits per heavy atom. The number of benzene rings is 1. The summed E-state index contributed by atoms with van der Waals surface area (Å²) in [6.07, 6.45) is 3.44. The Morgan fingerprint density at radius 2 is 2.19 bits per heavy atom. The van der Waals surface area contributed by atoms with Crippen LogP contribution in [0.3, 0.4) is 0 Å². The fourth-order valence-corrected chi connectivity index (χ4v) is 3.30. The Bertz CT molecular complexity index is 752. The summed E-state index contributed by atoms with van der Waals surface area (Å²) in [5, 5.41) is 10.9. The standard InChI is InChI=1S/C18H23ClN4O3/c1-23-18(15(19)10-21-23)14-9-13(3-4-16(14)25-2)22-17(24)11-20-12-5-7-26-8-6-12/h3-4,9-10,12,20H,5-8,11H2,1-2H3,(H,22,24). The maximum atomic E-state index is 12.3. The number of halogens is 1. The number of hydrogen-bond donors (Lipinski definition) is 2. The summed E-state index contributed by atoms with van der Waals surface area (Å²) in [5.41, 5.74) is 2.18. The van der Waals surface area contributed by atoms with Crippen molar-refractivity contribution in [1.29, 1.82) is 0 Å². The topological polar surface area (TPSA) is 77.4 Å². The summed E-state index contributed by atoms with van der Waals surface area (Å²) in [5.74, 6) is 0.567. The summed E-state index contributed by atoms with van der Waals surface area (Å²) in [7, 11) is 3.41. The first kappa shape index (κ1) is 18.7. The summed E-state index contributed by atoms with van der Waals surface area (Å²) >= 11 is 6.26. The van der Waals surface area contributed by atoms with E-state index in [1.165, 1.54) is 0 Å². The van der Waals surface area contributed by atoms with Gasteiger partial charge in [-0.25, -0.2) is 0 Å². The van der Waals surface area contributed by atoms with Crippen molar-refractivity contribution in [2.24, 2.45) is 7.05 Å². The highest BCUT2D eigenvalue weighted by molar-refractivity contribution is 6.33. The van der Waals surface area contributed by atoms with Crippen LogP contribution < -0.4 is 15.4 Å². The number of anilines is 1. The number of nitrogens with one attached hydrogen (secondary N) is 2. The number of carbonyl (C=O) groups excluding carboxylic acids is 1. The minimum Gasteiger partial charge on any atom is -0.496 e. The Morgan fingerprint density at radius 1 is 1.42 bits per heavy atom. The molecule has 3 rings (SSSR count). The smallest absolute Gasteiger partial charge is 0.238 e. The molecule has 1 aliphatic rings. The molecule has 1 aromatic carbocycles. The van der Waals surface area contributed by atoms with E-state index in [1.807, 2.05) is 13.1 Å². The first-order chi connectivity index (χ1) is 12.6. The van der Waals surface area contributed by atoms with Gasteiger partial charge < -0.3 is 20.1 Å². The molecule has 0 aliphatic carbocycles. The van der Waals surface area contributed by atoms with E-state index in [0.29, 0.717) is 22.5 Å². The van der Waals surface area contributed by atoms with Crippen molar-refractivity contribution in [3.63, 3.8) is 0 Å². The van der Waals surface area contributed by atoms with Gasteiger partial charge in [0.05, 0.1) is 30.6 Å². The molecule has 140 valence electrons. The minimum atomic E-state index is -0.0938. The lowest BCUT2D eigenvalue weighted by molar-refractivity contribution is -0.115. The fraction of sp³-hybridized carbons (Fsp3) is 0.444. The molecule has 8 heteroatoms. The third-order valence-corrected chi connectivity index (χ3v) is 4.68. The number of aryl methyl sites for hydroxylation is 1. The number of hydrogen-bond acceptors (Lipinski definition) is 5. The van der Waals surface area contributed by atoms with E-state index < -0.39 is 0 Å². The van der Waals surface area contributed by atoms with Crippen LogP contribution in [0.5, 0.6) is 5.75 Å². The molecule has 0 saturated carbocycles. The Balaban J connectivity index is 1.70. The highest BCUT2D eigenvalue weighted by atomic mass is 35.5. The lowest BCUT2D eigenvalue weighted by Crippen LogP contribution is -2.39. The van der Waals surface area contributed by atoms with Crippen LogP contribution in [0.4, 0.5) is 5.69 Å². The van der Waals surface area contributed by atoms with Crippen LogP contribution in [-0.4, -0.2) is 48.6 Å². The van der Waals surface area contributed by atoms with E-state index in [-0.39, 0.29) is 12.5 Å². The largest absolute Gasteiger partial charge is 0.496 e. The molecule has 2 aromatic rings. The van der Waals surface area contributed by atoms with Gasteiger partial charge in [-0.1, -0.05) is 11.6 Å². The first-order valence-electron chi connectivity index (χ1n) is 8.55. The molecule has 0 atom stereocenters. The summed E-state index contributed by atoms with van der Waals surface area (Å²) < 4.78 is 12.4. The van der Waals surface area contributed by atoms with Crippen LogP contribution in [0, 0.1) is 0 Å². The maximum absolute atomic E-state index is 12.3. The number of ether oxygens (including phenoxy) is 2. The SMILES string of the molecule is COc1ccc(NC(=O)CNC2CCOCC2)cc1-c1c(Cl)cnn1C. The monoisotopic (exact) mass is 378 g/mol. The molecule has 1 aromatic heterocycles. The van der Waals surface area contributed by atoms with Crippen molar-refractivity contribution in [3.05, 3.63) is 29.4 Å². The van der Waals surface area contributed by atoms with E-state index in [2.05, 4.69) is 15.7 Å². The highest BCUT2D eigenvalue weighted by Gasteiger charge is 2.17. The molecule has 26 heavy (non-hydrogen) atoms. The van der Waals surface area contributed by atoms with Crippen LogP contribution >= 0.6 is 11.6 Å². The normalized spacial score (nSPS) is 15.0. The average Bonchev–Trinajstić information content (AvgIpc) is 2.99. The molecule has 1 aliphatic heterocycles. The molecule has 1 amide bonds. The zero-order valence-electron chi connectivity index (χ0n) is 14.9. The Kier molecular flexibility index (Phi) is 6.13. The number of methoxy groups -OCH3 is 1. The Hall–Kier alpha value is -2.09. The van der Waals surface area contributed by atoms with Gasteiger partial charge in [0, 0.05) is 37.6 Å². The predicted octanol–water partition coefficient (Wildman–Crippen LogP) is 2.46. The van der Waals surface area contributed by atoms with Crippen molar-refractivity contribution in [3.8, 4) is 17.0 Å². The van der Waals surface area contributed by atoms with Gasteiger partial charge in [-0.15, -0.1) is 0 Å². The van der Waals surface area contributed by atoms with Crippen LogP contribution in [-0.2, 0) is 16.6 Å². The number of carbonyl (C=O) groups is 1. The van der Waals surface area contributed by atoms with Crippen LogP contribution in [0.1, 0.15) is 12.8 Å². The van der Waals surface area contributed by atoms with E-state index in [0.717, 1.165) is 37.3 Å². The number of amides is 1. The van der Waals surface area contributed by atoms with Gasteiger partial charge in [-0.2, -0.15) is 5.10 Å². The van der Waals surface area contributed by atoms with Gasteiger partial charge in [0.2, 0.25) is 5.91 Å². The molecule has 2 N–H and O–H groups in total. The molecule has 2 heterocycles. The number of rotatable bonds is 6.